The van der Waals surface area contributed by atoms with Gasteiger partial charge < -0.3 is 15.0 Å². The van der Waals surface area contributed by atoms with E-state index in [1.54, 1.807) is 11.6 Å². The fourth-order valence-electron chi connectivity index (χ4n) is 4.48. The second-order valence-electron chi connectivity index (χ2n) is 10.8. The first-order valence-corrected chi connectivity index (χ1v) is 14.4. The Morgan fingerprint density at radius 3 is 2.41 bits per heavy atom. The molecule has 1 amide bonds. The monoisotopic (exact) mass is 555 g/mol. The molecule has 0 bridgehead atoms. The number of amides is 1. The fourth-order valence-corrected chi connectivity index (χ4v) is 4.48. The topological polar surface area (TPSA) is 86.4 Å². The van der Waals surface area contributed by atoms with Gasteiger partial charge in [0.2, 0.25) is 0 Å². The minimum absolute atomic E-state index is 0.547. The van der Waals surface area contributed by atoms with Crippen molar-refractivity contribution in [2.24, 2.45) is 0 Å². The van der Waals surface area contributed by atoms with Gasteiger partial charge in [-0.3, -0.25) is 10.0 Å². The van der Waals surface area contributed by atoms with Crippen molar-refractivity contribution in [1.29, 1.82) is 0 Å². The van der Waals surface area contributed by atoms with Crippen LogP contribution in [-0.4, -0.2) is 29.3 Å². The van der Waals surface area contributed by atoms with E-state index in [-0.39, 0.29) is 0 Å². The zero-order valence-corrected chi connectivity index (χ0v) is 24.9. The van der Waals surface area contributed by atoms with E-state index in [9.17, 15) is 4.79 Å². The summed E-state index contributed by atoms with van der Waals surface area (Å²) < 4.78 is 6.07. The van der Waals surface area contributed by atoms with E-state index in [4.69, 9.17) is 9.94 Å². The van der Waals surface area contributed by atoms with Gasteiger partial charge in [0.25, 0.3) is 5.91 Å². The molecule has 0 atom stereocenters. The van der Waals surface area contributed by atoms with E-state index in [2.05, 4.69) is 74.6 Å². The summed E-state index contributed by atoms with van der Waals surface area (Å²) in [4.78, 5) is 14.5. The highest BCUT2D eigenvalue weighted by molar-refractivity contribution is 5.90. The summed E-state index contributed by atoms with van der Waals surface area (Å²) in [6, 6.07) is 14.2. The molecule has 0 spiro atoms. The molecule has 0 aliphatic carbocycles. The number of aromatic nitrogens is 1. The Morgan fingerprint density at radius 2 is 1.68 bits per heavy atom. The third-order valence-corrected chi connectivity index (χ3v) is 6.96. The number of H-pyrrole nitrogens is 1. The van der Waals surface area contributed by atoms with E-state index in [1.807, 2.05) is 30.3 Å². The number of ether oxygens (including phenoxy) is 1. The van der Waals surface area contributed by atoms with Crippen LogP contribution in [0.25, 0.3) is 17.0 Å². The standard InChI is InChI=1S/C35H45N3O3/c1-26(2)7-5-8-27(3)9-6-10-28(4)20-22-41-32-16-17-34-33(23-32)31(25-37-34)19-21-36-24-30-13-11-29(12-14-30)15-18-35(39)38-40/h7,9,11-18,20,23,25,36-37,40H,5-6,8,10,19,21-22,24H2,1-4H3,(H,38,39)/b18-15+,27-9+,28-20+. The largest absolute Gasteiger partial charge is 0.490 e. The summed E-state index contributed by atoms with van der Waals surface area (Å²) in [5.74, 6) is 0.338. The highest BCUT2D eigenvalue weighted by atomic mass is 16.5. The number of carbonyl (C=O) groups is 1. The lowest BCUT2D eigenvalue weighted by molar-refractivity contribution is -0.124. The lowest BCUT2D eigenvalue weighted by Crippen LogP contribution is -2.16. The first-order chi connectivity index (χ1) is 19.8. The van der Waals surface area contributed by atoms with Crippen molar-refractivity contribution in [3.63, 3.8) is 0 Å². The molecule has 4 N–H and O–H groups in total. The average molecular weight is 556 g/mol. The molecule has 0 saturated carbocycles. The quantitative estimate of drug-likeness (QED) is 0.0477. The van der Waals surface area contributed by atoms with Gasteiger partial charge >= 0.3 is 0 Å². The van der Waals surface area contributed by atoms with E-state index in [0.29, 0.717) is 6.61 Å². The van der Waals surface area contributed by atoms with Crippen molar-refractivity contribution < 1.29 is 14.7 Å². The van der Waals surface area contributed by atoms with Crippen LogP contribution in [0.15, 0.2) is 89.7 Å². The van der Waals surface area contributed by atoms with Gasteiger partial charge in [-0.2, -0.15) is 0 Å². The summed E-state index contributed by atoms with van der Waals surface area (Å²) in [7, 11) is 0. The maximum absolute atomic E-state index is 11.1. The summed E-state index contributed by atoms with van der Waals surface area (Å²) in [5.41, 5.74) is 10.2. The Balaban J connectivity index is 1.42. The lowest BCUT2D eigenvalue weighted by Gasteiger charge is -2.07. The van der Waals surface area contributed by atoms with Gasteiger partial charge in [-0.1, -0.05) is 53.1 Å². The fraction of sp³-hybridized carbons (Fsp3) is 0.343. The van der Waals surface area contributed by atoms with Crippen molar-refractivity contribution in [3.05, 3.63) is 106 Å². The molecule has 0 unspecified atom stereocenters. The van der Waals surface area contributed by atoms with Crippen LogP contribution >= 0.6 is 0 Å². The molecule has 0 aliphatic heterocycles. The number of fused-ring (bicyclic) bond motifs is 1. The zero-order chi connectivity index (χ0) is 29.5. The van der Waals surface area contributed by atoms with Crippen molar-refractivity contribution in [1.82, 2.24) is 15.8 Å². The molecule has 0 aliphatic rings. The molecule has 3 aromatic rings. The minimum atomic E-state index is -0.547. The van der Waals surface area contributed by atoms with Crippen molar-refractivity contribution >= 4 is 22.9 Å². The highest BCUT2D eigenvalue weighted by Crippen LogP contribution is 2.24. The number of aromatic amines is 1. The second-order valence-corrected chi connectivity index (χ2v) is 10.8. The molecule has 41 heavy (non-hydrogen) atoms. The number of hydroxylamine groups is 1. The smallest absolute Gasteiger partial charge is 0.267 e. The zero-order valence-electron chi connectivity index (χ0n) is 24.9. The first-order valence-electron chi connectivity index (χ1n) is 14.4. The van der Waals surface area contributed by atoms with Crippen LogP contribution in [0, 0.1) is 0 Å². The van der Waals surface area contributed by atoms with Crippen LogP contribution in [0.1, 0.15) is 70.1 Å². The van der Waals surface area contributed by atoms with E-state index < -0.39 is 5.91 Å². The Kier molecular flexibility index (Phi) is 13.2. The molecule has 0 saturated heterocycles. The van der Waals surface area contributed by atoms with Crippen LogP contribution in [0.3, 0.4) is 0 Å². The van der Waals surface area contributed by atoms with Gasteiger partial charge in [0.15, 0.2) is 0 Å². The summed E-state index contributed by atoms with van der Waals surface area (Å²) in [5, 5.41) is 13.3. The highest BCUT2D eigenvalue weighted by Gasteiger charge is 2.06. The van der Waals surface area contributed by atoms with E-state index in [0.717, 1.165) is 67.6 Å². The minimum Gasteiger partial charge on any atom is -0.490 e. The Bertz CT molecular complexity index is 1370. The third kappa shape index (κ3) is 11.6. The maximum atomic E-state index is 11.1. The van der Waals surface area contributed by atoms with E-state index >= 15 is 0 Å². The van der Waals surface area contributed by atoms with Crippen molar-refractivity contribution in [2.45, 2.75) is 66.3 Å². The number of benzene rings is 2. The second kappa shape index (κ2) is 17.1. The van der Waals surface area contributed by atoms with Crippen LogP contribution in [0.2, 0.25) is 0 Å². The van der Waals surface area contributed by atoms with Crippen LogP contribution in [0.4, 0.5) is 0 Å². The van der Waals surface area contributed by atoms with Gasteiger partial charge in [0.1, 0.15) is 12.4 Å². The van der Waals surface area contributed by atoms with Gasteiger partial charge in [-0.25, -0.2) is 5.48 Å². The van der Waals surface area contributed by atoms with E-state index in [1.165, 1.54) is 33.7 Å². The summed E-state index contributed by atoms with van der Waals surface area (Å²) >= 11 is 0. The maximum Gasteiger partial charge on any atom is 0.267 e. The molecule has 1 heterocycles. The Hall–Kier alpha value is -3.87. The molecular formula is C35H45N3O3. The van der Waals surface area contributed by atoms with Crippen molar-refractivity contribution in [2.75, 3.05) is 13.2 Å². The molecule has 0 fully saturated rings. The number of hydrogen-bond acceptors (Lipinski definition) is 4. The van der Waals surface area contributed by atoms with Crippen LogP contribution < -0.4 is 15.5 Å². The van der Waals surface area contributed by atoms with Gasteiger partial charge in [0.05, 0.1) is 0 Å². The SMILES string of the molecule is CC(C)=CCC/C(C)=C/CC/C(C)=C/COc1ccc2[nH]cc(CCNCc3ccc(/C=C/C(=O)NO)cc3)c2c1. The molecule has 1 aromatic heterocycles. The predicted octanol–water partition coefficient (Wildman–Crippen LogP) is 7.82. The van der Waals surface area contributed by atoms with Crippen LogP contribution in [0.5, 0.6) is 5.75 Å². The average Bonchev–Trinajstić information content (AvgIpc) is 3.36. The number of carbonyl (C=O) groups excluding carboxylic acids is 1. The lowest BCUT2D eigenvalue weighted by atomic mass is 10.1. The van der Waals surface area contributed by atoms with Gasteiger partial charge in [-0.15, -0.1) is 0 Å². The Labute approximate surface area is 244 Å². The normalized spacial score (nSPS) is 12.2. The van der Waals surface area contributed by atoms with Gasteiger partial charge in [-0.05, 0) is 113 Å². The van der Waals surface area contributed by atoms with Gasteiger partial charge in [0, 0.05) is 29.7 Å². The molecular weight excluding hydrogens is 510 g/mol. The molecule has 2 aromatic carbocycles. The Morgan fingerprint density at radius 1 is 0.951 bits per heavy atom. The summed E-state index contributed by atoms with van der Waals surface area (Å²) in [6.45, 7) is 10.9. The predicted molar refractivity (Wildman–Crippen MR) is 170 cm³/mol. The first kappa shape index (κ1) is 31.7. The van der Waals surface area contributed by atoms with Crippen LogP contribution in [-0.2, 0) is 17.8 Å². The number of allylic oxidation sites excluding steroid dienone is 5. The molecule has 6 nitrogen and oxygen atoms in total. The van der Waals surface area contributed by atoms with Crippen molar-refractivity contribution in [3.8, 4) is 5.75 Å². The molecule has 3 rings (SSSR count). The molecule has 218 valence electrons. The summed E-state index contributed by atoms with van der Waals surface area (Å²) in [6.07, 6.45) is 17.2. The number of hydrogen-bond donors (Lipinski definition) is 4. The molecule has 0 radical (unpaired) electrons. The molecule has 6 heteroatoms. The third-order valence-electron chi connectivity index (χ3n) is 6.96. The number of rotatable bonds is 16. The number of nitrogens with one attached hydrogen (secondary N) is 3.